The molecule has 1 fully saturated rings. The van der Waals surface area contributed by atoms with E-state index in [1.807, 2.05) is 34.6 Å². The summed E-state index contributed by atoms with van der Waals surface area (Å²) >= 11 is 1.69. The highest BCUT2D eigenvalue weighted by Gasteiger charge is 2.42. The molecule has 0 atom stereocenters. The Balaban J connectivity index is 2.36. The Morgan fingerprint density at radius 3 is 2.17 bits per heavy atom. The molecule has 0 saturated carbocycles. The highest BCUT2D eigenvalue weighted by molar-refractivity contribution is 7.99. The largest absolute Gasteiger partial charge is 0.292 e. The van der Waals surface area contributed by atoms with Gasteiger partial charge < -0.3 is 0 Å². The molecule has 1 aromatic rings. The summed E-state index contributed by atoms with van der Waals surface area (Å²) < 4.78 is 24.8. The van der Waals surface area contributed by atoms with Gasteiger partial charge in [-0.1, -0.05) is 45.4 Å². The predicted octanol–water partition coefficient (Wildman–Crippen LogP) is 3.00. The monoisotopic (exact) mass is 368 g/mol. The molecule has 0 unspecified atom stereocenters. The Morgan fingerprint density at radius 2 is 1.58 bits per heavy atom. The van der Waals surface area contributed by atoms with Gasteiger partial charge >= 0.3 is 0 Å². The maximum absolute atomic E-state index is 12.8. The van der Waals surface area contributed by atoms with Crippen molar-refractivity contribution in [1.29, 1.82) is 0 Å². The Hall–Kier alpha value is -1.34. The number of nitrogens with one attached hydrogen (secondary N) is 1. The van der Waals surface area contributed by atoms with Crippen molar-refractivity contribution in [3.63, 3.8) is 0 Å². The molecule has 1 heterocycles. The van der Waals surface area contributed by atoms with Crippen LogP contribution in [0.4, 0.5) is 0 Å². The molecule has 0 radical (unpaired) electrons. The second kappa shape index (κ2) is 6.52. The third-order valence-corrected chi connectivity index (χ3v) is 7.08. The molecule has 7 heteroatoms. The molecule has 132 valence electrons. The number of nitrogens with zero attached hydrogens (tertiary/aromatic N) is 1. The SMILES string of the molecule is Cc1ccc(S(=O)(=O)N/N=C2/C(=O)C(C)(C)CSCC2(C)C)cc1. The van der Waals surface area contributed by atoms with Crippen LogP contribution in [0.25, 0.3) is 0 Å². The van der Waals surface area contributed by atoms with Crippen molar-refractivity contribution in [3.8, 4) is 0 Å². The molecule has 0 aliphatic carbocycles. The van der Waals surface area contributed by atoms with E-state index in [1.54, 1.807) is 23.9 Å². The summed E-state index contributed by atoms with van der Waals surface area (Å²) in [5.41, 5.74) is 0.199. The Bertz CT molecular complexity index is 764. The fourth-order valence-electron chi connectivity index (χ4n) is 2.40. The van der Waals surface area contributed by atoms with Crippen molar-refractivity contribution in [1.82, 2.24) is 4.83 Å². The zero-order valence-electron chi connectivity index (χ0n) is 14.7. The summed E-state index contributed by atoms with van der Waals surface area (Å²) in [5.74, 6) is 1.30. The molecule has 1 aliphatic rings. The number of ketones is 1. The van der Waals surface area contributed by atoms with Gasteiger partial charge in [-0.05, 0) is 19.1 Å². The van der Waals surface area contributed by atoms with E-state index in [2.05, 4.69) is 9.93 Å². The molecular weight excluding hydrogens is 344 g/mol. The number of hydrogen-bond acceptors (Lipinski definition) is 5. The van der Waals surface area contributed by atoms with Crippen LogP contribution in [0.2, 0.25) is 0 Å². The van der Waals surface area contributed by atoms with Crippen LogP contribution >= 0.6 is 11.8 Å². The van der Waals surface area contributed by atoms with Gasteiger partial charge in [0.25, 0.3) is 10.0 Å². The number of hydrazone groups is 1. The van der Waals surface area contributed by atoms with Crippen LogP contribution in [0.15, 0.2) is 34.3 Å². The van der Waals surface area contributed by atoms with Crippen molar-refractivity contribution in [2.45, 2.75) is 39.5 Å². The second-order valence-electron chi connectivity index (χ2n) is 7.46. The molecule has 0 amide bonds. The van der Waals surface area contributed by atoms with Gasteiger partial charge in [-0.25, -0.2) is 0 Å². The number of aryl methyl sites for hydroxylation is 1. The normalized spacial score (nSPS) is 22.2. The first-order valence-corrected chi connectivity index (χ1v) is 10.4. The van der Waals surface area contributed by atoms with Gasteiger partial charge in [-0.3, -0.25) is 4.79 Å². The number of hydrogen-bond donors (Lipinski definition) is 1. The number of carbonyl (C=O) groups excluding carboxylic acids is 1. The van der Waals surface area contributed by atoms with Crippen LogP contribution in [0, 0.1) is 17.8 Å². The molecule has 5 nitrogen and oxygen atoms in total. The van der Waals surface area contributed by atoms with Crippen LogP contribution < -0.4 is 4.83 Å². The summed E-state index contributed by atoms with van der Waals surface area (Å²) in [6.45, 7) is 9.45. The van der Waals surface area contributed by atoms with Crippen LogP contribution in [-0.4, -0.2) is 31.4 Å². The second-order valence-corrected chi connectivity index (χ2v) is 10.1. The molecule has 0 bridgehead atoms. The van der Waals surface area contributed by atoms with E-state index in [0.29, 0.717) is 11.5 Å². The topological polar surface area (TPSA) is 75.6 Å². The summed E-state index contributed by atoms with van der Waals surface area (Å²) in [7, 11) is -3.80. The lowest BCUT2D eigenvalue weighted by molar-refractivity contribution is -0.119. The van der Waals surface area contributed by atoms with Gasteiger partial charge in [0.2, 0.25) is 0 Å². The molecule has 1 saturated heterocycles. The van der Waals surface area contributed by atoms with Crippen molar-refractivity contribution >= 4 is 33.3 Å². The van der Waals surface area contributed by atoms with Crippen LogP contribution in [0.1, 0.15) is 33.3 Å². The smallest absolute Gasteiger partial charge is 0.276 e. The van der Waals surface area contributed by atoms with E-state index in [9.17, 15) is 13.2 Å². The van der Waals surface area contributed by atoms with Crippen molar-refractivity contribution in [3.05, 3.63) is 29.8 Å². The third kappa shape index (κ3) is 4.00. The molecule has 2 rings (SSSR count). The van der Waals surface area contributed by atoms with Gasteiger partial charge in [0, 0.05) is 22.3 Å². The Morgan fingerprint density at radius 1 is 1.04 bits per heavy atom. The van der Waals surface area contributed by atoms with Gasteiger partial charge in [0.15, 0.2) is 5.78 Å². The zero-order chi connectivity index (χ0) is 18.2. The minimum Gasteiger partial charge on any atom is -0.292 e. The first-order chi connectivity index (χ1) is 11.0. The van der Waals surface area contributed by atoms with Gasteiger partial charge in [-0.2, -0.15) is 30.1 Å². The van der Waals surface area contributed by atoms with Crippen molar-refractivity contribution in [2.75, 3.05) is 11.5 Å². The van der Waals surface area contributed by atoms with Gasteiger partial charge in [0.05, 0.1) is 4.90 Å². The van der Waals surface area contributed by atoms with E-state index in [-0.39, 0.29) is 16.4 Å². The zero-order valence-corrected chi connectivity index (χ0v) is 16.3. The Kier molecular flexibility index (Phi) is 5.16. The standard InChI is InChI=1S/C17H24N2O3S2/c1-12-6-8-13(9-7-12)24(21,22)19-18-14-15(20)17(4,5)11-23-10-16(14,2)3/h6-9,19H,10-11H2,1-5H3/b18-14-. The summed E-state index contributed by atoms with van der Waals surface area (Å²) in [6, 6.07) is 6.50. The molecular formula is C17H24N2O3S2. The quantitative estimate of drug-likeness (QED) is 0.832. The molecule has 1 aromatic carbocycles. The number of Topliss-reactive ketones (excluding diaryl/α,β-unsaturated/α-hetero) is 1. The van der Waals surface area contributed by atoms with Crippen molar-refractivity contribution < 1.29 is 13.2 Å². The van der Waals surface area contributed by atoms with Crippen LogP contribution in [0.5, 0.6) is 0 Å². The summed E-state index contributed by atoms with van der Waals surface area (Å²) in [6.07, 6.45) is 0. The van der Waals surface area contributed by atoms with E-state index >= 15 is 0 Å². The average Bonchev–Trinajstić information content (AvgIpc) is 2.53. The number of rotatable bonds is 3. The van der Waals surface area contributed by atoms with Crippen LogP contribution in [-0.2, 0) is 14.8 Å². The maximum atomic E-state index is 12.8. The number of thioether (sulfide) groups is 1. The van der Waals surface area contributed by atoms with E-state index < -0.39 is 20.9 Å². The number of carbonyl (C=O) groups is 1. The lowest BCUT2D eigenvalue weighted by atomic mass is 9.78. The molecule has 0 aromatic heterocycles. The molecule has 1 aliphatic heterocycles. The van der Waals surface area contributed by atoms with Gasteiger partial charge in [0.1, 0.15) is 5.71 Å². The average molecular weight is 369 g/mol. The minimum atomic E-state index is -3.80. The predicted molar refractivity (Wildman–Crippen MR) is 98.8 cm³/mol. The lowest BCUT2D eigenvalue weighted by Gasteiger charge is -2.25. The summed E-state index contributed by atoms with van der Waals surface area (Å²) in [4.78, 5) is 15.2. The first kappa shape index (κ1) is 19.0. The summed E-state index contributed by atoms with van der Waals surface area (Å²) in [5, 5.41) is 4.06. The molecule has 24 heavy (non-hydrogen) atoms. The van der Waals surface area contributed by atoms with Crippen LogP contribution in [0.3, 0.4) is 0 Å². The highest BCUT2D eigenvalue weighted by Crippen LogP contribution is 2.36. The fraction of sp³-hybridized carbons (Fsp3) is 0.529. The third-order valence-electron chi connectivity index (χ3n) is 4.01. The fourth-order valence-corrected chi connectivity index (χ4v) is 4.60. The van der Waals surface area contributed by atoms with Gasteiger partial charge in [-0.15, -0.1) is 0 Å². The van der Waals surface area contributed by atoms with E-state index in [4.69, 9.17) is 0 Å². The molecule has 1 N–H and O–H groups in total. The highest BCUT2D eigenvalue weighted by atomic mass is 32.2. The van der Waals surface area contributed by atoms with Crippen molar-refractivity contribution in [2.24, 2.45) is 15.9 Å². The Labute approximate surface area is 148 Å². The lowest BCUT2D eigenvalue weighted by Crippen LogP contribution is -2.40. The number of sulfonamides is 1. The number of benzene rings is 1. The maximum Gasteiger partial charge on any atom is 0.276 e. The van der Waals surface area contributed by atoms with E-state index in [0.717, 1.165) is 5.56 Å². The van der Waals surface area contributed by atoms with E-state index in [1.165, 1.54) is 12.1 Å². The molecule has 0 spiro atoms. The first-order valence-electron chi connectivity index (χ1n) is 7.75. The minimum absolute atomic E-state index is 0.107.